The van der Waals surface area contributed by atoms with Crippen LogP contribution in [0.3, 0.4) is 0 Å². The van der Waals surface area contributed by atoms with Crippen LogP contribution < -0.4 is 0 Å². The topological polar surface area (TPSA) is 66.8 Å². The van der Waals surface area contributed by atoms with Crippen molar-refractivity contribution < 1.29 is 18.3 Å². The summed E-state index contributed by atoms with van der Waals surface area (Å²) in [5.41, 5.74) is 0. The molecule has 0 bridgehead atoms. The van der Waals surface area contributed by atoms with Gasteiger partial charge in [-0.15, -0.1) is 0 Å². The largest absolute Gasteiger partial charge is 0.396 e. The zero-order valence-corrected chi connectivity index (χ0v) is 10.6. The lowest BCUT2D eigenvalue weighted by atomic mass is 10.1. The molecule has 1 heterocycles. The van der Waals surface area contributed by atoms with E-state index in [0.29, 0.717) is 32.0 Å². The third kappa shape index (κ3) is 4.01. The molecule has 1 atom stereocenters. The van der Waals surface area contributed by atoms with Gasteiger partial charge in [0, 0.05) is 26.3 Å². The molecule has 1 fully saturated rings. The van der Waals surface area contributed by atoms with Crippen LogP contribution in [0.5, 0.6) is 0 Å². The van der Waals surface area contributed by atoms with Crippen molar-refractivity contribution in [1.29, 1.82) is 0 Å². The average molecular weight is 251 g/mol. The predicted molar refractivity (Wildman–Crippen MR) is 61.7 cm³/mol. The van der Waals surface area contributed by atoms with Crippen LogP contribution >= 0.6 is 0 Å². The number of rotatable bonds is 7. The van der Waals surface area contributed by atoms with E-state index < -0.39 is 10.0 Å². The van der Waals surface area contributed by atoms with E-state index in [1.807, 2.05) is 6.92 Å². The molecule has 0 radical (unpaired) electrons. The zero-order valence-electron chi connectivity index (χ0n) is 9.76. The summed E-state index contributed by atoms with van der Waals surface area (Å²) in [5.74, 6) is 0.374. The maximum Gasteiger partial charge on any atom is 0.216 e. The Morgan fingerprint density at radius 1 is 1.50 bits per heavy atom. The molecule has 0 aromatic rings. The molecule has 1 N–H and O–H groups in total. The van der Waals surface area contributed by atoms with Gasteiger partial charge in [0.05, 0.1) is 12.4 Å². The van der Waals surface area contributed by atoms with Gasteiger partial charge >= 0.3 is 0 Å². The third-order valence-corrected chi connectivity index (χ3v) is 4.67. The van der Waals surface area contributed by atoms with Crippen molar-refractivity contribution in [2.24, 2.45) is 5.92 Å². The van der Waals surface area contributed by atoms with Gasteiger partial charge in [0.2, 0.25) is 10.0 Å². The Hall–Kier alpha value is -0.170. The second kappa shape index (κ2) is 6.54. The van der Waals surface area contributed by atoms with Crippen LogP contribution in [-0.4, -0.2) is 56.5 Å². The minimum absolute atomic E-state index is 0.0622. The monoisotopic (exact) mass is 251 g/mol. The van der Waals surface area contributed by atoms with E-state index in [0.717, 1.165) is 6.42 Å². The van der Waals surface area contributed by atoms with Gasteiger partial charge in [-0.05, 0) is 25.7 Å². The lowest BCUT2D eigenvalue weighted by Gasteiger charge is -2.16. The van der Waals surface area contributed by atoms with Gasteiger partial charge in [-0.2, -0.15) is 0 Å². The molecule has 0 aromatic heterocycles. The predicted octanol–water partition coefficient (Wildman–Crippen LogP) is 0.0570. The van der Waals surface area contributed by atoms with Crippen molar-refractivity contribution in [1.82, 2.24) is 4.31 Å². The summed E-state index contributed by atoms with van der Waals surface area (Å²) in [7, 11) is -3.16. The molecule has 5 nitrogen and oxygen atoms in total. The number of nitrogens with zero attached hydrogens (tertiary/aromatic N) is 1. The second-order valence-electron chi connectivity index (χ2n) is 4.04. The first-order valence-electron chi connectivity index (χ1n) is 5.76. The van der Waals surface area contributed by atoms with E-state index in [2.05, 4.69) is 0 Å². The highest BCUT2D eigenvalue weighted by Gasteiger charge is 2.30. The highest BCUT2D eigenvalue weighted by Crippen LogP contribution is 2.21. The summed E-state index contributed by atoms with van der Waals surface area (Å²) in [6.45, 7) is 3.92. The number of sulfonamides is 1. The highest BCUT2D eigenvalue weighted by molar-refractivity contribution is 7.89. The van der Waals surface area contributed by atoms with Crippen molar-refractivity contribution in [3.63, 3.8) is 0 Å². The Kier molecular flexibility index (Phi) is 5.68. The molecule has 96 valence electrons. The molecule has 6 heteroatoms. The van der Waals surface area contributed by atoms with Gasteiger partial charge < -0.3 is 9.84 Å². The van der Waals surface area contributed by atoms with Crippen LogP contribution in [0.25, 0.3) is 0 Å². The maximum atomic E-state index is 11.8. The zero-order chi connectivity index (χ0) is 12.0. The number of hydrogen-bond acceptors (Lipinski definition) is 4. The van der Waals surface area contributed by atoms with Crippen molar-refractivity contribution in [2.75, 3.05) is 38.7 Å². The molecule has 1 aliphatic heterocycles. The SMILES string of the molecule is CCOCCS(=O)(=O)N1CCC(CCO)C1. The highest BCUT2D eigenvalue weighted by atomic mass is 32.2. The van der Waals surface area contributed by atoms with Crippen molar-refractivity contribution in [2.45, 2.75) is 19.8 Å². The Morgan fingerprint density at radius 3 is 2.88 bits per heavy atom. The van der Waals surface area contributed by atoms with Gasteiger partial charge in [-0.3, -0.25) is 0 Å². The summed E-state index contributed by atoms with van der Waals surface area (Å²) >= 11 is 0. The molecule has 16 heavy (non-hydrogen) atoms. The Labute approximate surface area is 97.4 Å². The number of aliphatic hydroxyl groups excluding tert-OH is 1. The van der Waals surface area contributed by atoms with Gasteiger partial charge in [-0.25, -0.2) is 12.7 Å². The molecule has 1 rings (SSSR count). The van der Waals surface area contributed by atoms with Crippen LogP contribution in [0, 0.1) is 5.92 Å². The molecule has 0 saturated carbocycles. The summed E-state index contributed by atoms with van der Waals surface area (Å²) in [6, 6.07) is 0. The molecule has 1 saturated heterocycles. The maximum absolute atomic E-state index is 11.8. The van der Waals surface area contributed by atoms with Crippen LogP contribution in [0.2, 0.25) is 0 Å². The van der Waals surface area contributed by atoms with E-state index in [4.69, 9.17) is 9.84 Å². The minimum atomic E-state index is -3.16. The first-order chi connectivity index (χ1) is 7.60. The van der Waals surface area contributed by atoms with Gasteiger partial charge in [-0.1, -0.05) is 0 Å². The summed E-state index contributed by atoms with van der Waals surface area (Å²) in [6.07, 6.45) is 1.55. The fourth-order valence-corrected chi connectivity index (χ4v) is 3.31. The van der Waals surface area contributed by atoms with Crippen LogP contribution in [0.4, 0.5) is 0 Å². The summed E-state index contributed by atoms with van der Waals surface area (Å²) in [4.78, 5) is 0. The fraction of sp³-hybridized carbons (Fsp3) is 1.00. The smallest absolute Gasteiger partial charge is 0.216 e. The molecule has 0 aliphatic carbocycles. The van der Waals surface area contributed by atoms with Crippen LogP contribution in [0.1, 0.15) is 19.8 Å². The molecule has 0 amide bonds. The number of ether oxygens (including phenoxy) is 1. The van der Waals surface area contributed by atoms with Crippen LogP contribution in [-0.2, 0) is 14.8 Å². The normalized spacial score (nSPS) is 22.8. The van der Waals surface area contributed by atoms with E-state index >= 15 is 0 Å². The first kappa shape index (κ1) is 13.9. The second-order valence-corrected chi connectivity index (χ2v) is 6.13. The van der Waals surface area contributed by atoms with E-state index in [9.17, 15) is 8.42 Å². The van der Waals surface area contributed by atoms with Gasteiger partial charge in [0.15, 0.2) is 0 Å². The van der Waals surface area contributed by atoms with E-state index in [-0.39, 0.29) is 19.0 Å². The molecule has 1 unspecified atom stereocenters. The van der Waals surface area contributed by atoms with E-state index in [1.54, 1.807) is 0 Å². The van der Waals surface area contributed by atoms with Gasteiger partial charge in [0.25, 0.3) is 0 Å². The molecular formula is C10H21NO4S. The third-order valence-electron chi connectivity index (χ3n) is 2.87. The fourth-order valence-electron chi connectivity index (χ4n) is 1.91. The summed E-state index contributed by atoms with van der Waals surface area (Å²) < 4.78 is 30.3. The molecule has 1 aliphatic rings. The summed E-state index contributed by atoms with van der Waals surface area (Å²) in [5, 5.41) is 8.80. The standard InChI is InChI=1S/C10H21NO4S/c1-2-15-7-8-16(13,14)11-5-3-10(9-11)4-6-12/h10,12H,2-9H2,1H3. The molecular weight excluding hydrogens is 230 g/mol. The van der Waals surface area contributed by atoms with E-state index in [1.165, 1.54) is 4.31 Å². The lowest BCUT2D eigenvalue weighted by Crippen LogP contribution is -2.32. The Balaban J connectivity index is 2.39. The first-order valence-corrected chi connectivity index (χ1v) is 7.37. The number of hydrogen-bond donors (Lipinski definition) is 1. The van der Waals surface area contributed by atoms with Crippen molar-refractivity contribution in [3.05, 3.63) is 0 Å². The minimum Gasteiger partial charge on any atom is -0.396 e. The molecule has 0 spiro atoms. The quantitative estimate of drug-likeness (QED) is 0.650. The number of aliphatic hydroxyl groups is 1. The Bertz CT molecular complexity index is 291. The Morgan fingerprint density at radius 2 is 2.25 bits per heavy atom. The average Bonchev–Trinajstić information content (AvgIpc) is 2.68. The van der Waals surface area contributed by atoms with Crippen LogP contribution in [0.15, 0.2) is 0 Å². The lowest BCUT2D eigenvalue weighted by molar-refractivity contribution is 0.162. The van der Waals surface area contributed by atoms with Gasteiger partial charge in [0.1, 0.15) is 0 Å². The van der Waals surface area contributed by atoms with Crippen molar-refractivity contribution in [3.8, 4) is 0 Å². The van der Waals surface area contributed by atoms with Crippen molar-refractivity contribution >= 4 is 10.0 Å². The molecule has 0 aromatic carbocycles.